The van der Waals surface area contributed by atoms with Crippen LogP contribution in [0.25, 0.3) is 0 Å². The van der Waals surface area contributed by atoms with Gasteiger partial charge in [-0.1, -0.05) is 41.0 Å². The molecule has 0 bridgehead atoms. The van der Waals surface area contributed by atoms with Crippen molar-refractivity contribution in [1.82, 2.24) is 0 Å². The van der Waals surface area contributed by atoms with E-state index in [0.29, 0.717) is 11.7 Å². The van der Waals surface area contributed by atoms with Crippen LogP contribution in [0.15, 0.2) is 0 Å². The third kappa shape index (κ3) is 4.53. The zero-order valence-corrected chi connectivity index (χ0v) is 9.05. The maximum Gasteiger partial charge on any atom is 0.138 e. The number of rotatable bonds is 5. The van der Waals surface area contributed by atoms with E-state index in [4.69, 9.17) is 0 Å². The molecule has 0 aromatic carbocycles. The Kier molecular flexibility index (Phi) is 5.19. The average molecular weight is 170 g/mol. The van der Waals surface area contributed by atoms with Crippen LogP contribution < -0.4 is 0 Å². The Hall–Kier alpha value is -0.330. The Bertz CT molecular complexity index is 136. The molecule has 0 spiro atoms. The van der Waals surface area contributed by atoms with Gasteiger partial charge in [0.15, 0.2) is 0 Å². The van der Waals surface area contributed by atoms with Crippen LogP contribution in [0.1, 0.15) is 47.5 Å². The van der Waals surface area contributed by atoms with Crippen molar-refractivity contribution in [2.24, 2.45) is 17.8 Å². The minimum Gasteiger partial charge on any atom is -0.299 e. The zero-order valence-electron chi connectivity index (χ0n) is 9.05. The van der Waals surface area contributed by atoms with Gasteiger partial charge in [0.25, 0.3) is 0 Å². The number of hydrogen-bond acceptors (Lipinski definition) is 1. The lowest BCUT2D eigenvalue weighted by Gasteiger charge is -2.13. The van der Waals surface area contributed by atoms with Gasteiger partial charge >= 0.3 is 0 Å². The number of Topliss-reactive ketones (excluding diaryl/α,β-unsaturated/α-hetero) is 1. The largest absolute Gasteiger partial charge is 0.299 e. The standard InChI is InChI=1S/C11H22O/c1-8(2)6-7-10(5)11(12)9(3)4/h8-10H,6-7H2,1-5H3/t10-/m1/s1. The first kappa shape index (κ1) is 11.7. The molecule has 0 N–H and O–H groups in total. The topological polar surface area (TPSA) is 17.1 Å². The summed E-state index contributed by atoms with van der Waals surface area (Å²) >= 11 is 0. The monoisotopic (exact) mass is 170 g/mol. The summed E-state index contributed by atoms with van der Waals surface area (Å²) in [6, 6.07) is 0. The van der Waals surface area contributed by atoms with Crippen LogP contribution in [0.4, 0.5) is 0 Å². The van der Waals surface area contributed by atoms with Crippen molar-refractivity contribution in [3.63, 3.8) is 0 Å². The van der Waals surface area contributed by atoms with Crippen molar-refractivity contribution in [2.75, 3.05) is 0 Å². The van der Waals surface area contributed by atoms with Gasteiger partial charge in [-0.05, 0) is 12.3 Å². The quantitative estimate of drug-likeness (QED) is 0.619. The molecule has 0 amide bonds. The molecule has 0 aliphatic heterocycles. The highest BCUT2D eigenvalue weighted by Gasteiger charge is 2.15. The first-order chi connectivity index (χ1) is 5.45. The Labute approximate surface area is 76.6 Å². The van der Waals surface area contributed by atoms with Gasteiger partial charge in [0.2, 0.25) is 0 Å². The molecule has 72 valence electrons. The summed E-state index contributed by atoms with van der Waals surface area (Å²) in [6.45, 7) is 10.4. The van der Waals surface area contributed by atoms with Gasteiger partial charge in [-0.3, -0.25) is 4.79 Å². The maximum atomic E-state index is 11.5. The summed E-state index contributed by atoms with van der Waals surface area (Å²) in [7, 11) is 0. The predicted molar refractivity (Wildman–Crippen MR) is 53.1 cm³/mol. The van der Waals surface area contributed by atoms with E-state index in [2.05, 4.69) is 13.8 Å². The SMILES string of the molecule is CC(C)CC[C@@H](C)C(=O)C(C)C. The number of carbonyl (C=O) groups is 1. The van der Waals surface area contributed by atoms with E-state index in [0.717, 1.165) is 6.42 Å². The summed E-state index contributed by atoms with van der Waals surface area (Å²) in [6.07, 6.45) is 2.22. The molecule has 0 aliphatic carbocycles. The third-order valence-electron chi connectivity index (χ3n) is 2.23. The van der Waals surface area contributed by atoms with Gasteiger partial charge in [0.05, 0.1) is 0 Å². The van der Waals surface area contributed by atoms with Gasteiger partial charge in [0, 0.05) is 11.8 Å². The van der Waals surface area contributed by atoms with E-state index in [1.807, 2.05) is 20.8 Å². The second kappa shape index (κ2) is 5.34. The highest BCUT2D eigenvalue weighted by Crippen LogP contribution is 2.15. The van der Waals surface area contributed by atoms with Crippen LogP contribution in [-0.4, -0.2) is 5.78 Å². The minimum absolute atomic E-state index is 0.201. The molecule has 0 fully saturated rings. The fourth-order valence-corrected chi connectivity index (χ4v) is 1.29. The van der Waals surface area contributed by atoms with E-state index in [1.54, 1.807) is 0 Å². The molecule has 0 radical (unpaired) electrons. The van der Waals surface area contributed by atoms with Crippen LogP contribution in [0, 0.1) is 17.8 Å². The first-order valence-corrected chi connectivity index (χ1v) is 4.98. The van der Waals surface area contributed by atoms with E-state index in [9.17, 15) is 4.79 Å². The van der Waals surface area contributed by atoms with Crippen LogP contribution in [0.2, 0.25) is 0 Å². The zero-order chi connectivity index (χ0) is 9.72. The van der Waals surface area contributed by atoms with Crippen molar-refractivity contribution < 1.29 is 4.79 Å². The molecular weight excluding hydrogens is 148 g/mol. The van der Waals surface area contributed by atoms with E-state index in [-0.39, 0.29) is 11.8 Å². The summed E-state index contributed by atoms with van der Waals surface area (Å²) in [5, 5.41) is 0. The van der Waals surface area contributed by atoms with E-state index >= 15 is 0 Å². The van der Waals surface area contributed by atoms with Crippen molar-refractivity contribution in [3.05, 3.63) is 0 Å². The smallest absolute Gasteiger partial charge is 0.138 e. The molecule has 1 atom stereocenters. The second-order valence-electron chi connectivity index (χ2n) is 4.43. The Morgan fingerprint density at radius 1 is 1.00 bits per heavy atom. The number of ketones is 1. The molecule has 0 saturated heterocycles. The Morgan fingerprint density at radius 3 is 1.83 bits per heavy atom. The molecule has 0 rings (SSSR count). The van der Waals surface area contributed by atoms with Gasteiger partial charge in [-0.25, -0.2) is 0 Å². The van der Waals surface area contributed by atoms with E-state index < -0.39 is 0 Å². The molecule has 0 unspecified atom stereocenters. The summed E-state index contributed by atoms with van der Waals surface area (Å²) < 4.78 is 0. The minimum atomic E-state index is 0.201. The Balaban J connectivity index is 3.72. The summed E-state index contributed by atoms with van der Waals surface area (Å²) in [4.78, 5) is 11.5. The van der Waals surface area contributed by atoms with E-state index in [1.165, 1.54) is 6.42 Å². The lowest BCUT2D eigenvalue weighted by molar-refractivity contribution is -0.125. The third-order valence-corrected chi connectivity index (χ3v) is 2.23. The van der Waals surface area contributed by atoms with Gasteiger partial charge < -0.3 is 0 Å². The first-order valence-electron chi connectivity index (χ1n) is 4.98. The molecular formula is C11H22O. The molecule has 0 aromatic rings. The fourth-order valence-electron chi connectivity index (χ4n) is 1.29. The highest BCUT2D eigenvalue weighted by atomic mass is 16.1. The van der Waals surface area contributed by atoms with Crippen LogP contribution in [0.3, 0.4) is 0 Å². The summed E-state index contributed by atoms with van der Waals surface area (Å²) in [5.74, 6) is 1.59. The Morgan fingerprint density at radius 2 is 1.50 bits per heavy atom. The molecule has 1 nitrogen and oxygen atoms in total. The van der Waals surface area contributed by atoms with Crippen molar-refractivity contribution in [3.8, 4) is 0 Å². The number of carbonyl (C=O) groups excluding carboxylic acids is 1. The van der Waals surface area contributed by atoms with Gasteiger partial charge in [-0.15, -0.1) is 0 Å². The molecule has 0 heterocycles. The lowest BCUT2D eigenvalue weighted by atomic mass is 9.91. The lowest BCUT2D eigenvalue weighted by Crippen LogP contribution is -2.17. The van der Waals surface area contributed by atoms with Crippen molar-refractivity contribution in [2.45, 2.75) is 47.5 Å². The van der Waals surface area contributed by atoms with Crippen LogP contribution in [0.5, 0.6) is 0 Å². The average Bonchev–Trinajstić information content (AvgIpc) is 1.98. The highest BCUT2D eigenvalue weighted by molar-refractivity contribution is 5.82. The van der Waals surface area contributed by atoms with Crippen LogP contribution in [-0.2, 0) is 4.79 Å². The predicted octanol–water partition coefficient (Wildman–Crippen LogP) is 3.28. The number of hydrogen-bond donors (Lipinski definition) is 0. The molecule has 0 aliphatic rings. The van der Waals surface area contributed by atoms with Gasteiger partial charge in [0.1, 0.15) is 5.78 Å². The normalized spacial score (nSPS) is 13.9. The molecule has 12 heavy (non-hydrogen) atoms. The second-order valence-corrected chi connectivity index (χ2v) is 4.43. The van der Waals surface area contributed by atoms with Crippen LogP contribution >= 0.6 is 0 Å². The van der Waals surface area contributed by atoms with Crippen molar-refractivity contribution in [1.29, 1.82) is 0 Å². The molecule has 1 heteroatoms. The maximum absolute atomic E-state index is 11.5. The molecule has 0 saturated carbocycles. The van der Waals surface area contributed by atoms with Crippen molar-refractivity contribution >= 4 is 5.78 Å². The van der Waals surface area contributed by atoms with Gasteiger partial charge in [-0.2, -0.15) is 0 Å². The fraction of sp³-hybridized carbons (Fsp3) is 0.909. The summed E-state index contributed by atoms with van der Waals surface area (Å²) in [5.41, 5.74) is 0. The molecule has 0 aromatic heterocycles.